The molecule has 9 heteroatoms. The number of nitrogens with one attached hydrogen (secondary N) is 1. The van der Waals surface area contributed by atoms with Crippen molar-refractivity contribution in [2.45, 2.75) is 26.8 Å². The summed E-state index contributed by atoms with van der Waals surface area (Å²) < 4.78 is 12.6. The predicted octanol–water partition coefficient (Wildman–Crippen LogP) is 3.86. The average Bonchev–Trinajstić information content (AvgIpc) is 3.16. The predicted molar refractivity (Wildman–Crippen MR) is 138 cm³/mol. The van der Waals surface area contributed by atoms with Crippen molar-refractivity contribution in [2.24, 2.45) is 5.10 Å². The Bertz CT molecular complexity index is 1430. The maximum absolute atomic E-state index is 12.7. The Kier molecular flexibility index (Phi) is 7.57. The number of aromatic nitrogens is 2. The third-order valence-electron chi connectivity index (χ3n) is 5.55. The van der Waals surface area contributed by atoms with Gasteiger partial charge in [-0.2, -0.15) is 5.10 Å². The highest BCUT2D eigenvalue weighted by molar-refractivity contribution is 7.18. The van der Waals surface area contributed by atoms with E-state index in [4.69, 9.17) is 9.47 Å². The van der Waals surface area contributed by atoms with Crippen LogP contribution < -0.4 is 20.5 Å². The molecule has 0 spiro atoms. The number of hydrogen-bond acceptors (Lipinski definition) is 7. The summed E-state index contributed by atoms with van der Waals surface area (Å²) in [4.78, 5) is 31.1. The number of carbonyl (C=O) groups excluding carboxylic acids is 1. The smallest absolute Gasteiger partial charge is 0.262 e. The van der Waals surface area contributed by atoms with E-state index in [9.17, 15) is 9.59 Å². The molecule has 4 rings (SSSR count). The summed E-state index contributed by atoms with van der Waals surface area (Å²) in [7, 11) is 1.57. The minimum Gasteiger partial charge on any atom is -0.493 e. The van der Waals surface area contributed by atoms with Gasteiger partial charge in [0.25, 0.3) is 11.5 Å². The summed E-state index contributed by atoms with van der Waals surface area (Å²) in [5, 5.41) is 4.56. The van der Waals surface area contributed by atoms with Crippen LogP contribution in [0, 0.1) is 13.8 Å². The lowest BCUT2D eigenvalue weighted by atomic mass is 10.2. The van der Waals surface area contributed by atoms with Gasteiger partial charge in [-0.25, -0.2) is 10.4 Å². The maximum atomic E-state index is 12.7. The van der Waals surface area contributed by atoms with Gasteiger partial charge in [-0.1, -0.05) is 30.3 Å². The van der Waals surface area contributed by atoms with E-state index in [1.807, 2.05) is 38.1 Å². The third kappa shape index (κ3) is 5.75. The van der Waals surface area contributed by atoms with Crippen molar-refractivity contribution in [3.8, 4) is 11.5 Å². The molecule has 0 saturated carbocycles. The molecule has 4 aromatic rings. The zero-order valence-electron chi connectivity index (χ0n) is 19.8. The molecule has 0 fully saturated rings. The Morgan fingerprint density at radius 1 is 1.17 bits per heavy atom. The Balaban J connectivity index is 1.35. The molecule has 2 heterocycles. The molecule has 0 bridgehead atoms. The first-order valence-electron chi connectivity index (χ1n) is 11.1. The van der Waals surface area contributed by atoms with Crippen LogP contribution in [0.5, 0.6) is 11.5 Å². The van der Waals surface area contributed by atoms with Gasteiger partial charge < -0.3 is 9.47 Å². The first-order valence-corrected chi connectivity index (χ1v) is 11.9. The van der Waals surface area contributed by atoms with Gasteiger partial charge in [-0.15, -0.1) is 11.3 Å². The molecule has 0 aliphatic rings. The number of hydrazone groups is 1. The molecule has 0 aliphatic carbocycles. The van der Waals surface area contributed by atoms with Crippen LogP contribution in [0.3, 0.4) is 0 Å². The summed E-state index contributed by atoms with van der Waals surface area (Å²) in [5.74, 6) is 0.772. The van der Waals surface area contributed by atoms with Gasteiger partial charge in [0.15, 0.2) is 11.5 Å². The number of thiophene rings is 1. The van der Waals surface area contributed by atoms with E-state index in [0.29, 0.717) is 28.3 Å². The molecule has 2 aromatic heterocycles. The molecular formula is C26H26N4O4S. The zero-order chi connectivity index (χ0) is 24.8. The number of hydrogen-bond donors (Lipinski definition) is 1. The van der Waals surface area contributed by atoms with E-state index in [1.165, 1.54) is 34.0 Å². The molecule has 1 amide bonds. The number of fused-ring (bicyclic) bond motifs is 1. The number of rotatable bonds is 9. The van der Waals surface area contributed by atoms with Crippen LogP contribution in [0.25, 0.3) is 10.2 Å². The van der Waals surface area contributed by atoms with E-state index in [-0.39, 0.29) is 12.1 Å². The number of ether oxygens (including phenoxy) is 2. The molecule has 0 atom stereocenters. The second-order valence-electron chi connectivity index (χ2n) is 7.93. The average molecular weight is 491 g/mol. The van der Waals surface area contributed by atoms with E-state index in [1.54, 1.807) is 19.2 Å². The third-order valence-corrected chi connectivity index (χ3v) is 6.67. The molecule has 0 radical (unpaired) electrons. The second kappa shape index (κ2) is 11.0. The van der Waals surface area contributed by atoms with Crippen molar-refractivity contribution in [3.05, 3.63) is 86.8 Å². The minimum atomic E-state index is -0.429. The first kappa shape index (κ1) is 24.2. The SMILES string of the molecule is COc1cc(/C=N\NC(=O)Cn2cnc3sc(C)c(C)c3c2=O)ccc1OCCc1ccccc1. The molecule has 0 saturated heterocycles. The fourth-order valence-corrected chi connectivity index (χ4v) is 4.55. The Morgan fingerprint density at radius 3 is 2.74 bits per heavy atom. The van der Waals surface area contributed by atoms with E-state index in [0.717, 1.165) is 22.4 Å². The summed E-state index contributed by atoms with van der Waals surface area (Å²) in [5.41, 5.74) is 5.04. The highest BCUT2D eigenvalue weighted by Crippen LogP contribution is 2.28. The Morgan fingerprint density at radius 2 is 1.97 bits per heavy atom. The van der Waals surface area contributed by atoms with Crippen LogP contribution in [0.1, 0.15) is 21.6 Å². The number of nitrogens with zero attached hydrogens (tertiary/aromatic N) is 3. The van der Waals surface area contributed by atoms with Gasteiger partial charge in [0.05, 0.1) is 31.6 Å². The molecule has 2 aromatic carbocycles. The summed E-state index contributed by atoms with van der Waals surface area (Å²) in [6.07, 6.45) is 3.69. The lowest BCUT2D eigenvalue weighted by Gasteiger charge is -2.11. The summed E-state index contributed by atoms with van der Waals surface area (Å²) in [6, 6.07) is 15.5. The number of amides is 1. The van der Waals surface area contributed by atoms with E-state index < -0.39 is 5.91 Å². The van der Waals surface area contributed by atoms with Crippen molar-refractivity contribution in [3.63, 3.8) is 0 Å². The summed E-state index contributed by atoms with van der Waals surface area (Å²) >= 11 is 1.47. The monoisotopic (exact) mass is 490 g/mol. The summed E-state index contributed by atoms with van der Waals surface area (Å²) in [6.45, 7) is 4.18. The van der Waals surface area contributed by atoms with Gasteiger partial charge in [-0.3, -0.25) is 14.2 Å². The van der Waals surface area contributed by atoms with Crippen LogP contribution in [0.4, 0.5) is 0 Å². The second-order valence-corrected chi connectivity index (χ2v) is 9.13. The molecule has 35 heavy (non-hydrogen) atoms. The normalized spacial score (nSPS) is 11.2. The highest BCUT2D eigenvalue weighted by atomic mass is 32.1. The number of carbonyl (C=O) groups is 1. The zero-order valence-corrected chi connectivity index (χ0v) is 20.6. The highest BCUT2D eigenvalue weighted by Gasteiger charge is 2.13. The number of benzene rings is 2. The number of methoxy groups -OCH3 is 1. The van der Waals surface area contributed by atoms with Crippen molar-refractivity contribution < 1.29 is 14.3 Å². The Hall–Kier alpha value is -3.98. The van der Waals surface area contributed by atoms with Crippen molar-refractivity contribution in [2.75, 3.05) is 13.7 Å². The molecular weight excluding hydrogens is 464 g/mol. The van der Waals surface area contributed by atoms with Gasteiger partial charge in [0.1, 0.15) is 11.4 Å². The topological polar surface area (TPSA) is 94.8 Å². The van der Waals surface area contributed by atoms with E-state index in [2.05, 4.69) is 27.6 Å². The molecule has 1 N–H and O–H groups in total. The van der Waals surface area contributed by atoms with Crippen molar-refractivity contribution in [1.29, 1.82) is 0 Å². The number of aryl methyl sites for hydroxylation is 2. The lowest BCUT2D eigenvalue weighted by molar-refractivity contribution is -0.121. The molecule has 8 nitrogen and oxygen atoms in total. The fourth-order valence-electron chi connectivity index (χ4n) is 3.56. The van der Waals surface area contributed by atoms with Crippen molar-refractivity contribution in [1.82, 2.24) is 15.0 Å². The Labute approximate surface area is 206 Å². The van der Waals surface area contributed by atoms with Gasteiger partial charge in [0.2, 0.25) is 0 Å². The van der Waals surface area contributed by atoms with Gasteiger partial charge in [0, 0.05) is 11.3 Å². The lowest BCUT2D eigenvalue weighted by Crippen LogP contribution is -2.30. The van der Waals surface area contributed by atoms with Crippen molar-refractivity contribution >= 4 is 33.7 Å². The maximum Gasteiger partial charge on any atom is 0.262 e. The molecule has 180 valence electrons. The minimum absolute atomic E-state index is 0.176. The van der Waals surface area contributed by atoms with Crippen LogP contribution in [-0.4, -0.2) is 35.4 Å². The van der Waals surface area contributed by atoms with Gasteiger partial charge >= 0.3 is 0 Å². The van der Waals surface area contributed by atoms with Crippen LogP contribution >= 0.6 is 11.3 Å². The molecule has 0 unspecified atom stereocenters. The first-order chi connectivity index (χ1) is 17.0. The largest absolute Gasteiger partial charge is 0.493 e. The fraction of sp³-hybridized carbons (Fsp3) is 0.231. The quantitative estimate of drug-likeness (QED) is 0.284. The van der Waals surface area contributed by atoms with Crippen LogP contribution in [0.15, 0.2) is 64.8 Å². The van der Waals surface area contributed by atoms with Crippen LogP contribution in [0.2, 0.25) is 0 Å². The van der Waals surface area contributed by atoms with Gasteiger partial charge in [-0.05, 0) is 48.7 Å². The van der Waals surface area contributed by atoms with E-state index >= 15 is 0 Å². The molecule has 0 aliphatic heterocycles. The standard InChI is InChI=1S/C26H26N4O4S/c1-17-18(2)35-25-24(17)26(32)30(16-27-25)15-23(31)29-28-14-20-9-10-21(22(13-20)33-3)34-12-11-19-7-5-4-6-8-19/h4-10,13-14,16H,11-12,15H2,1-3H3,(H,29,31)/b28-14-. The van der Waals surface area contributed by atoms with Crippen LogP contribution in [-0.2, 0) is 17.8 Å².